The standard InChI is InChI=1S/C12H19N3/c13-11-7-10(8-11)9-14-6-4-12-3-1-2-5-15-12/h1-3,5,10-11,14H,4,6-9,13H2. The zero-order chi connectivity index (χ0) is 10.5. The quantitative estimate of drug-likeness (QED) is 0.704. The fraction of sp³-hybridized carbons (Fsp3) is 0.583. The summed E-state index contributed by atoms with van der Waals surface area (Å²) in [6, 6.07) is 6.52. The maximum absolute atomic E-state index is 5.73. The molecular weight excluding hydrogens is 186 g/mol. The highest BCUT2D eigenvalue weighted by Crippen LogP contribution is 2.24. The number of hydrogen-bond donors (Lipinski definition) is 2. The molecule has 15 heavy (non-hydrogen) atoms. The van der Waals surface area contributed by atoms with E-state index in [9.17, 15) is 0 Å². The van der Waals surface area contributed by atoms with Crippen LogP contribution in [0.5, 0.6) is 0 Å². The normalized spacial score (nSPS) is 24.9. The van der Waals surface area contributed by atoms with Crippen molar-refractivity contribution >= 4 is 0 Å². The summed E-state index contributed by atoms with van der Waals surface area (Å²) < 4.78 is 0. The van der Waals surface area contributed by atoms with E-state index in [-0.39, 0.29) is 0 Å². The topological polar surface area (TPSA) is 50.9 Å². The SMILES string of the molecule is NC1CC(CNCCc2ccccn2)C1. The number of rotatable bonds is 5. The fourth-order valence-electron chi connectivity index (χ4n) is 2.02. The Hall–Kier alpha value is -0.930. The summed E-state index contributed by atoms with van der Waals surface area (Å²) in [6.45, 7) is 2.13. The van der Waals surface area contributed by atoms with Crippen molar-refractivity contribution in [3.63, 3.8) is 0 Å². The lowest BCUT2D eigenvalue weighted by Gasteiger charge is -2.32. The molecule has 0 atom stereocenters. The summed E-state index contributed by atoms with van der Waals surface area (Å²) in [5.74, 6) is 0.809. The van der Waals surface area contributed by atoms with Crippen LogP contribution in [-0.4, -0.2) is 24.1 Å². The summed E-state index contributed by atoms with van der Waals surface area (Å²) in [7, 11) is 0. The molecule has 3 nitrogen and oxygen atoms in total. The third-order valence-corrected chi connectivity index (χ3v) is 2.99. The van der Waals surface area contributed by atoms with Gasteiger partial charge in [-0.15, -0.1) is 0 Å². The van der Waals surface area contributed by atoms with E-state index in [2.05, 4.69) is 16.4 Å². The highest BCUT2D eigenvalue weighted by Gasteiger charge is 2.24. The number of pyridine rings is 1. The Balaban J connectivity index is 1.56. The highest BCUT2D eigenvalue weighted by atomic mass is 14.9. The van der Waals surface area contributed by atoms with Crippen molar-refractivity contribution in [3.8, 4) is 0 Å². The molecule has 0 aliphatic heterocycles. The molecule has 0 bridgehead atoms. The lowest BCUT2D eigenvalue weighted by molar-refractivity contribution is 0.257. The zero-order valence-corrected chi connectivity index (χ0v) is 9.02. The molecule has 1 aromatic heterocycles. The van der Waals surface area contributed by atoms with Gasteiger partial charge in [0.15, 0.2) is 0 Å². The van der Waals surface area contributed by atoms with E-state index < -0.39 is 0 Å². The molecule has 1 aliphatic rings. The van der Waals surface area contributed by atoms with E-state index in [1.165, 1.54) is 12.8 Å². The van der Waals surface area contributed by atoms with Crippen LogP contribution in [-0.2, 0) is 6.42 Å². The van der Waals surface area contributed by atoms with Crippen LogP contribution in [0.3, 0.4) is 0 Å². The van der Waals surface area contributed by atoms with Gasteiger partial charge in [0.25, 0.3) is 0 Å². The van der Waals surface area contributed by atoms with Crippen LogP contribution >= 0.6 is 0 Å². The van der Waals surface area contributed by atoms with Gasteiger partial charge in [-0.1, -0.05) is 6.07 Å². The zero-order valence-electron chi connectivity index (χ0n) is 9.02. The van der Waals surface area contributed by atoms with Crippen molar-refractivity contribution < 1.29 is 0 Å². The first-order chi connectivity index (χ1) is 7.34. The Morgan fingerprint density at radius 3 is 2.93 bits per heavy atom. The maximum atomic E-state index is 5.73. The molecule has 82 valence electrons. The van der Waals surface area contributed by atoms with Gasteiger partial charge in [-0.2, -0.15) is 0 Å². The molecule has 1 aromatic rings. The van der Waals surface area contributed by atoms with Gasteiger partial charge in [0.05, 0.1) is 0 Å². The molecule has 2 rings (SSSR count). The largest absolute Gasteiger partial charge is 0.328 e. The third-order valence-electron chi connectivity index (χ3n) is 2.99. The van der Waals surface area contributed by atoms with Crippen LogP contribution in [0.4, 0.5) is 0 Å². The minimum absolute atomic E-state index is 0.465. The van der Waals surface area contributed by atoms with Gasteiger partial charge < -0.3 is 11.1 Å². The molecule has 1 heterocycles. The van der Waals surface area contributed by atoms with Crippen molar-refractivity contribution in [3.05, 3.63) is 30.1 Å². The second-order valence-electron chi connectivity index (χ2n) is 4.37. The van der Waals surface area contributed by atoms with Gasteiger partial charge in [0.2, 0.25) is 0 Å². The maximum Gasteiger partial charge on any atom is 0.0416 e. The summed E-state index contributed by atoms with van der Waals surface area (Å²) in [5.41, 5.74) is 6.89. The molecule has 1 fully saturated rings. The fourth-order valence-corrected chi connectivity index (χ4v) is 2.02. The Morgan fingerprint density at radius 1 is 1.40 bits per heavy atom. The van der Waals surface area contributed by atoms with E-state index >= 15 is 0 Å². The monoisotopic (exact) mass is 205 g/mol. The first-order valence-corrected chi connectivity index (χ1v) is 5.71. The van der Waals surface area contributed by atoms with Gasteiger partial charge in [0.1, 0.15) is 0 Å². The van der Waals surface area contributed by atoms with Gasteiger partial charge in [-0.25, -0.2) is 0 Å². The minimum atomic E-state index is 0.465. The summed E-state index contributed by atoms with van der Waals surface area (Å²) in [6.07, 6.45) is 5.24. The van der Waals surface area contributed by atoms with Crippen molar-refractivity contribution in [1.29, 1.82) is 0 Å². The van der Waals surface area contributed by atoms with Crippen LogP contribution in [0, 0.1) is 5.92 Å². The van der Waals surface area contributed by atoms with E-state index in [0.29, 0.717) is 6.04 Å². The van der Waals surface area contributed by atoms with Gasteiger partial charge >= 0.3 is 0 Å². The van der Waals surface area contributed by atoms with Gasteiger partial charge in [0, 0.05) is 30.9 Å². The van der Waals surface area contributed by atoms with Crippen LogP contribution in [0.25, 0.3) is 0 Å². The van der Waals surface area contributed by atoms with Crippen LogP contribution in [0.2, 0.25) is 0 Å². The van der Waals surface area contributed by atoms with Crippen LogP contribution in [0.15, 0.2) is 24.4 Å². The molecule has 0 spiro atoms. The minimum Gasteiger partial charge on any atom is -0.328 e. The lowest BCUT2D eigenvalue weighted by atomic mass is 9.81. The van der Waals surface area contributed by atoms with Crippen molar-refractivity contribution in [2.75, 3.05) is 13.1 Å². The number of nitrogens with two attached hydrogens (primary N) is 1. The third kappa shape index (κ3) is 3.29. The average Bonchev–Trinajstić information content (AvgIpc) is 2.23. The predicted octanol–water partition coefficient (Wildman–Crippen LogP) is 0.951. The first kappa shape index (κ1) is 10.6. The molecule has 3 heteroatoms. The number of nitrogens with one attached hydrogen (secondary N) is 1. The molecule has 3 N–H and O–H groups in total. The molecule has 0 unspecified atom stereocenters. The number of aromatic nitrogens is 1. The second-order valence-corrected chi connectivity index (χ2v) is 4.37. The highest BCUT2D eigenvalue weighted by molar-refractivity contribution is 5.03. The molecular formula is C12H19N3. The van der Waals surface area contributed by atoms with E-state index in [4.69, 9.17) is 5.73 Å². The predicted molar refractivity (Wildman–Crippen MR) is 61.5 cm³/mol. The van der Waals surface area contributed by atoms with E-state index in [0.717, 1.165) is 31.1 Å². The Kier molecular flexibility index (Phi) is 3.69. The molecule has 0 radical (unpaired) electrons. The molecule has 0 amide bonds. The van der Waals surface area contributed by atoms with E-state index in [1.807, 2.05) is 18.3 Å². The second kappa shape index (κ2) is 5.24. The van der Waals surface area contributed by atoms with Crippen LogP contribution in [0.1, 0.15) is 18.5 Å². The Bertz CT molecular complexity index is 280. The average molecular weight is 205 g/mol. The van der Waals surface area contributed by atoms with Crippen LogP contribution < -0.4 is 11.1 Å². The molecule has 0 aromatic carbocycles. The van der Waals surface area contributed by atoms with Gasteiger partial charge in [-0.3, -0.25) is 4.98 Å². The smallest absolute Gasteiger partial charge is 0.0416 e. The lowest BCUT2D eigenvalue weighted by Crippen LogP contribution is -2.41. The summed E-state index contributed by atoms with van der Waals surface area (Å²) >= 11 is 0. The summed E-state index contributed by atoms with van der Waals surface area (Å²) in [4.78, 5) is 4.28. The number of nitrogens with zero attached hydrogens (tertiary/aromatic N) is 1. The van der Waals surface area contributed by atoms with E-state index in [1.54, 1.807) is 0 Å². The summed E-state index contributed by atoms with van der Waals surface area (Å²) in [5, 5.41) is 3.46. The number of hydrogen-bond acceptors (Lipinski definition) is 3. The van der Waals surface area contributed by atoms with Gasteiger partial charge in [-0.05, 0) is 37.4 Å². The van der Waals surface area contributed by atoms with Crippen molar-refractivity contribution in [2.45, 2.75) is 25.3 Å². The molecule has 1 saturated carbocycles. The van der Waals surface area contributed by atoms with Crippen molar-refractivity contribution in [2.24, 2.45) is 11.7 Å². The van der Waals surface area contributed by atoms with Crippen molar-refractivity contribution in [1.82, 2.24) is 10.3 Å². The molecule has 0 saturated heterocycles. The Morgan fingerprint density at radius 2 is 2.27 bits per heavy atom. The Labute approximate surface area is 91.1 Å². The first-order valence-electron chi connectivity index (χ1n) is 5.71. The molecule has 1 aliphatic carbocycles.